The Morgan fingerprint density at radius 2 is 1.91 bits per heavy atom. The number of hydrogen-bond acceptors (Lipinski definition) is 10. The smallest absolute Gasteiger partial charge is 0.303 e. The molecule has 17 heteroatoms. The standard InChI is InChI=1S/C28H35AsFN6O8P/c1-41-11-8-35(9-12-44-45(38,39)40)7-4-10-43-26-15-24-23(14-25(26)42-2)28(32-19-31-24)29-20-16-33-36(17-20)18-27(37)34-22-6-3-5-21(30)13-22/h3,5-6,13-17,19,29H,4,7-12,18H2,1-2H3,(H,34,37)(H2,38,39,40). The van der Waals surface area contributed by atoms with Crippen LogP contribution in [-0.2, 0) is 25.2 Å². The summed E-state index contributed by atoms with van der Waals surface area (Å²) in [6.45, 7) is 2.21. The van der Waals surface area contributed by atoms with Gasteiger partial charge in [0.25, 0.3) is 0 Å². The van der Waals surface area contributed by atoms with Crippen molar-refractivity contribution in [3.63, 3.8) is 0 Å². The summed E-state index contributed by atoms with van der Waals surface area (Å²) in [4.78, 5) is 41.2. The fourth-order valence-corrected chi connectivity index (χ4v) is 6.87. The van der Waals surface area contributed by atoms with Crippen LogP contribution < -0.4 is 23.6 Å². The Hall–Kier alpha value is -3.42. The van der Waals surface area contributed by atoms with Gasteiger partial charge in [0.2, 0.25) is 0 Å². The number of phosphoric acid groups is 1. The average molecular weight is 709 g/mol. The van der Waals surface area contributed by atoms with Gasteiger partial charge in [0.1, 0.15) is 0 Å². The summed E-state index contributed by atoms with van der Waals surface area (Å²) >= 11 is -0.953. The fourth-order valence-electron chi connectivity index (χ4n) is 4.32. The molecule has 3 N–H and O–H groups in total. The molecule has 0 aliphatic heterocycles. The first-order chi connectivity index (χ1) is 21.6. The molecular weight excluding hydrogens is 673 g/mol. The van der Waals surface area contributed by atoms with Gasteiger partial charge in [-0.15, -0.1) is 0 Å². The molecule has 0 spiro atoms. The predicted octanol–water partition coefficient (Wildman–Crippen LogP) is 0.827. The third-order valence-corrected chi connectivity index (χ3v) is 9.38. The normalized spacial score (nSPS) is 12.0. The first kappa shape index (κ1) is 34.5. The molecule has 2 heterocycles. The summed E-state index contributed by atoms with van der Waals surface area (Å²) in [5.41, 5.74) is 1.07. The van der Waals surface area contributed by atoms with Gasteiger partial charge in [-0.05, 0) is 0 Å². The van der Waals surface area contributed by atoms with E-state index in [-0.39, 0.29) is 19.1 Å². The number of anilines is 1. The summed E-state index contributed by atoms with van der Waals surface area (Å²) < 4.78 is 49.1. The molecule has 0 saturated heterocycles. The molecule has 1 atom stereocenters. The number of aromatic nitrogens is 4. The van der Waals surface area contributed by atoms with Gasteiger partial charge in [-0.25, -0.2) is 4.57 Å². The van der Waals surface area contributed by atoms with Gasteiger partial charge in [0, 0.05) is 7.11 Å². The van der Waals surface area contributed by atoms with Gasteiger partial charge in [0.05, 0.1) is 0 Å². The molecule has 0 aliphatic rings. The van der Waals surface area contributed by atoms with Crippen LogP contribution in [0.3, 0.4) is 0 Å². The van der Waals surface area contributed by atoms with E-state index < -0.39 is 29.4 Å². The van der Waals surface area contributed by atoms with Crippen molar-refractivity contribution < 1.29 is 42.3 Å². The zero-order chi connectivity index (χ0) is 32.2. The summed E-state index contributed by atoms with van der Waals surface area (Å²) in [6, 6.07) is 9.35. The van der Waals surface area contributed by atoms with Crippen molar-refractivity contribution >= 4 is 54.9 Å². The van der Waals surface area contributed by atoms with Crippen molar-refractivity contribution in [2.45, 2.75) is 13.0 Å². The molecule has 0 radical (unpaired) electrons. The number of carbonyl (C=O) groups excluding carboxylic acids is 1. The molecule has 0 bridgehead atoms. The van der Waals surface area contributed by atoms with Gasteiger partial charge >= 0.3 is 235 Å². The number of hydrogen-bond donors (Lipinski definition) is 3. The van der Waals surface area contributed by atoms with E-state index in [1.54, 1.807) is 26.5 Å². The summed E-state index contributed by atoms with van der Waals surface area (Å²) in [5, 5.41) is 7.80. The quantitative estimate of drug-likeness (QED) is 0.0757. The van der Waals surface area contributed by atoms with Crippen LogP contribution in [0.4, 0.5) is 10.1 Å². The molecule has 4 rings (SSSR count). The average Bonchev–Trinajstić information content (AvgIpc) is 3.43. The molecule has 1 unspecified atom stereocenters. The van der Waals surface area contributed by atoms with Crippen molar-refractivity contribution in [2.75, 3.05) is 59.0 Å². The van der Waals surface area contributed by atoms with E-state index in [4.69, 9.17) is 24.0 Å². The zero-order valence-electron chi connectivity index (χ0n) is 24.8. The number of carbonyl (C=O) groups is 1. The first-order valence-corrected chi connectivity index (χ1v) is 17.5. The summed E-state index contributed by atoms with van der Waals surface area (Å²) in [7, 11) is -1.38. The maximum absolute atomic E-state index is 13.4. The molecule has 1 amide bonds. The third-order valence-electron chi connectivity index (χ3n) is 6.39. The molecule has 0 fully saturated rings. The Labute approximate surface area is 265 Å². The number of phosphoric ester groups is 1. The van der Waals surface area contributed by atoms with Crippen molar-refractivity contribution in [3.8, 4) is 11.5 Å². The van der Waals surface area contributed by atoms with Gasteiger partial charge < -0.3 is 14.5 Å². The number of amides is 1. The van der Waals surface area contributed by atoms with E-state index in [1.807, 2.05) is 23.2 Å². The van der Waals surface area contributed by atoms with Gasteiger partial charge in [0.15, 0.2) is 0 Å². The van der Waals surface area contributed by atoms with Crippen molar-refractivity contribution in [1.82, 2.24) is 24.6 Å². The van der Waals surface area contributed by atoms with Gasteiger partial charge in [-0.1, -0.05) is 0 Å². The number of ether oxygens (including phenoxy) is 3. The summed E-state index contributed by atoms with van der Waals surface area (Å²) in [5.74, 6) is 0.302. The molecular formula is C28H35AsFN6O8P. The van der Waals surface area contributed by atoms with Crippen LogP contribution in [0, 0.1) is 5.82 Å². The fraction of sp³-hybridized carbons (Fsp3) is 0.357. The SMILES string of the molecule is COCCN(CCCOc1cc2ncnc([AsH]c3cnn(CC(=O)Nc4cccc(F)c4)c3)c2cc1OC)CCOP(=O)(O)O. The Morgan fingerprint density at radius 1 is 1.09 bits per heavy atom. The summed E-state index contributed by atoms with van der Waals surface area (Å²) in [6.07, 6.45) is 5.66. The Bertz CT molecular complexity index is 1620. The van der Waals surface area contributed by atoms with E-state index in [9.17, 15) is 13.8 Å². The van der Waals surface area contributed by atoms with E-state index in [2.05, 4.69) is 24.9 Å². The molecule has 14 nitrogen and oxygen atoms in total. The van der Waals surface area contributed by atoms with Crippen LogP contribution >= 0.6 is 7.82 Å². The van der Waals surface area contributed by atoms with E-state index in [0.717, 1.165) is 14.2 Å². The minimum atomic E-state index is -4.52. The molecule has 45 heavy (non-hydrogen) atoms. The van der Waals surface area contributed by atoms with Gasteiger partial charge in [-0.3, -0.25) is 4.52 Å². The van der Waals surface area contributed by atoms with Crippen molar-refractivity contribution in [3.05, 3.63) is 60.9 Å². The van der Waals surface area contributed by atoms with E-state index in [0.29, 0.717) is 62.0 Å². The van der Waals surface area contributed by atoms with Crippen molar-refractivity contribution in [2.24, 2.45) is 0 Å². The second-order valence-electron chi connectivity index (χ2n) is 9.71. The maximum atomic E-state index is 13.4. The minimum Gasteiger partial charge on any atom is -0.303 e. The second kappa shape index (κ2) is 16.8. The molecule has 0 saturated carbocycles. The predicted molar refractivity (Wildman–Crippen MR) is 166 cm³/mol. The van der Waals surface area contributed by atoms with Crippen LogP contribution in [0.15, 0.2) is 55.1 Å². The molecule has 0 aliphatic carbocycles. The van der Waals surface area contributed by atoms with Crippen LogP contribution in [0.1, 0.15) is 6.42 Å². The number of fused-ring (bicyclic) bond motifs is 1. The molecule has 2 aromatic carbocycles. The Morgan fingerprint density at radius 3 is 2.67 bits per heavy atom. The Kier molecular flexibility index (Phi) is 12.8. The third kappa shape index (κ3) is 11.2. The monoisotopic (exact) mass is 708 g/mol. The number of halogens is 1. The number of benzene rings is 2. The minimum absolute atomic E-state index is 0.0208. The van der Waals surface area contributed by atoms with Crippen LogP contribution in [0.25, 0.3) is 10.9 Å². The van der Waals surface area contributed by atoms with E-state index >= 15 is 0 Å². The molecule has 2 aromatic heterocycles. The zero-order valence-corrected chi connectivity index (χ0v) is 27.8. The number of nitrogens with one attached hydrogen (secondary N) is 1. The second-order valence-corrected chi connectivity index (χ2v) is 13.7. The number of methoxy groups -OCH3 is 2. The van der Waals surface area contributed by atoms with Gasteiger partial charge in [-0.2, -0.15) is 0 Å². The number of rotatable bonds is 18. The molecule has 4 aromatic rings. The first-order valence-electron chi connectivity index (χ1n) is 13.9. The molecule has 242 valence electrons. The van der Waals surface area contributed by atoms with Crippen LogP contribution in [0.2, 0.25) is 0 Å². The van der Waals surface area contributed by atoms with Crippen LogP contribution in [-0.4, -0.2) is 110 Å². The van der Waals surface area contributed by atoms with Crippen molar-refractivity contribution in [1.29, 1.82) is 0 Å². The topological polar surface area (TPSA) is 170 Å². The number of nitrogens with zero attached hydrogens (tertiary/aromatic N) is 5. The van der Waals surface area contributed by atoms with E-state index in [1.165, 1.54) is 29.2 Å². The Balaban J connectivity index is 1.36. The van der Waals surface area contributed by atoms with Crippen LogP contribution in [0.5, 0.6) is 11.5 Å².